The van der Waals surface area contributed by atoms with Crippen LogP contribution in [-0.2, 0) is 13.6 Å². The van der Waals surface area contributed by atoms with Crippen LogP contribution in [-0.4, -0.2) is 14.5 Å². The molecule has 2 aromatic rings. The highest BCUT2D eigenvalue weighted by atomic mass is 79.9. The first-order valence-corrected chi connectivity index (χ1v) is 5.36. The van der Waals surface area contributed by atoms with E-state index in [1.807, 2.05) is 29.9 Å². The molecule has 0 amide bonds. The molecule has 0 unspecified atom stereocenters. The van der Waals surface area contributed by atoms with Crippen molar-refractivity contribution in [1.82, 2.24) is 14.5 Å². The van der Waals surface area contributed by atoms with Gasteiger partial charge in [-0.25, -0.2) is 9.97 Å². The summed E-state index contributed by atoms with van der Waals surface area (Å²) in [6, 6.07) is 3.88. The van der Waals surface area contributed by atoms with Gasteiger partial charge in [-0.2, -0.15) is 0 Å². The van der Waals surface area contributed by atoms with Crippen molar-refractivity contribution in [2.45, 2.75) is 6.54 Å². The highest BCUT2D eigenvalue weighted by molar-refractivity contribution is 9.10. The second-order valence-electron chi connectivity index (χ2n) is 3.19. The standard InChI is InChI=1S/C10H11BrN4/c1-15-7-12-5-8(15)6-14-9-3-2-4-13-10(9)11/h2-5,7,14H,6H2,1H3. The molecule has 2 aromatic heterocycles. The largest absolute Gasteiger partial charge is 0.377 e. The predicted octanol–water partition coefficient (Wildman–Crippen LogP) is 2.19. The summed E-state index contributed by atoms with van der Waals surface area (Å²) in [5.74, 6) is 0. The van der Waals surface area contributed by atoms with Gasteiger partial charge >= 0.3 is 0 Å². The molecule has 4 nitrogen and oxygen atoms in total. The molecule has 0 atom stereocenters. The number of nitrogens with zero attached hydrogens (tertiary/aromatic N) is 3. The van der Waals surface area contributed by atoms with Crippen molar-refractivity contribution in [2.24, 2.45) is 7.05 Å². The molecule has 0 spiro atoms. The van der Waals surface area contributed by atoms with Gasteiger partial charge in [-0.05, 0) is 28.1 Å². The summed E-state index contributed by atoms with van der Waals surface area (Å²) in [5, 5.41) is 3.29. The van der Waals surface area contributed by atoms with E-state index in [0.29, 0.717) is 0 Å². The number of nitrogens with one attached hydrogen (secondary N) is 1. The van der Waals surface area contributed by atoms with Crippen molar-refractivity contribution in [2.75, 3.05) is 5.32 Å². The van der Waals surface area contributed by atoms with Crippen LogP contribution in [0, 0.1) is 0 Å². The van der Waals surface area contributed by atoms with Gasteiger partial charge in [0.2, 0.25) is 0 Å². The predicted molar refractivity (Wildman–Crippen MR) is 62.5 cm³/mol. The van der Waals surface area contributed by atoms with Crippen LogP contribution in [0.4, 0.5) is 5.69 Å². The first kappa shape index (κ1) is 10.2. The molecule has 15 heavy (non-hydrogen) atoms. The van der Waals surface area contributed by atoms with Gasteiger partial charge < -0.3 is 9.88 Å². The van der Waals surface area contributed by atoms with E-state index in [1.54, 1.807) is 12.5 Å². The van der Waals surface area contributed by atoms with Gasteiger partial charge in [-0.15, -0.1) is 0 Å². The van der Waals surface area contributed by atoms with Crippen molar-refractivity contribution in [3.63, 3.8) is 0 Å². The number of hydrogen-bond acceptors (Lipinski definition) is 3. The smallest absolute Gasteiger partial charge is 0.129 e. The minimum atomic E-state index is 0.737. The monoisotopic (exact) mass is 266 g/mol. The van der Waals surface area contributed by atoms with E-state index in [0.717, 1.165) is 22.5 Å². The summed E-state index contributed by atoms with van der Waals surface area (Å²) in [7, 11) is 1.97. The molecule has 0 fully saturated rings. The Hall–Kier alpha value is -1.36. The van der Waals surface area contributed by atoms with Gasteiger partial charge in [0.05, 0.1) is 24.3 Å². The van der Waals surface area contributed by atoms with E-state index in [4.69, 9.17) is 0 Å². The number of aryl methyl sites for hydroxylation is 1. The summed E-state index contributed by atoms with van der Waals surface area (Å²) in [6.07, 6.45) is 5.38. The quantitative estimate of drug-likeness (QED) is 0.867. The first-order valence-electron chi connectivity index (χ1n) is 4.57. The fraction of sp³-hybridized carbons (Fsp3) is 0.200. The molecule has 0 radical (unpaired) electrons. The summed E-state index contributed by atoms with van der Waals surface area (Å²) in [5.41, 5.74) is 2.12. The maximum absolute atomic E-state index is 4.13. The molecule has 0 bridgehead atoms. The number of imidazole rings is 1. The van der Waals surface area contributed by atoms with Crippen LogP contribution < -0.4 is 5.32 Å². The Morgan fingerprint density at radius 3 is 3.07 bits per heavy atom. The van der Waals surface area contributed by atoms with E-state index < -0.39 is 0 Å². The van der Waals surface area contributed by atoms with Crippen LogP contribution >= 0.6 is 15.9 Å². The van der Waals surface area contributed by atoms with Crippen molar-refractivity contribution in [3.8, 4) is 0 Å². The van der Waals surface area contributed by atoms with Crippen LogP contribution in [0.2, 0.25) is 0 Å². The Morgan fingerprint density at radius 2 is 2.40 bits per heavy atom. The van der Waals surface area contributed by atoms with Gasteiger partial charge in [0, 0.05) is 19.4 Å². The zero-order valence-corrected chi connectivity index (χ0v) is 9.90. The lowest BCUT2D eigenvalue weighted by atomic mass is 10.4. The van der Waals surface area contributed by atoms with Crippen LogP contribution in [0.25, 0.3) is 0 Å². The minimum absolute atomic E-state index is 0.737. The van der Waals surface area contributed by atoms with Crippen molar-refractivity contribution < 1.29 is 0 Å². The zero-order valence-electron chi connectivity index (χ0n) is 8.31. The zero-order chi connectivity index (χ0) is 10.7. The van der Waals surface area contributed by atoms with Gasteiger partial charge in [-0.3, -0.25) is 0 Å². The maximum Gasteiger partial charge on any atom is 0.129 e. The van der Waals surface area contributed by atoms with E-state index in [1.165, 1.54) is 0 Å². The van der Waals surface area contributed by atoms with Crippen LogP contribution in [0.5, 0.6) is 0 Å². The molecule has 2 heterocycles. The SMILES string of the molecule is Cn1cncc1CNc1cccnc1Br. The molecule has 78 valence electrons. The molecule has 2 rings (SSSR count). The van der Waals surface area contributed by atoms with Crippen LogP contribution in [0.15, 0.2) is 35.5 Å². The number of anilines is 1. The van der Waals surface area contributed by atoms with E-state index in [-0.39, 0.29) is 0 Å². The molecule has 0 aliphatic rings. The number of pyridine rings is 1. The van der Waals surface area contributed by atoms with Gasteiger partial charge in [-0.1, -0.05) is 0 Å². The lowest BCUT2D eigenvalue weighted by Gasteiger charge is -2.07. The molecule has 1 N–H and O–H groups in total. The maximum atomic E-state index is 4.13. The molecule has 0 saturated heterocycles. The third-order valence-corrected chi connectivity index (χ3v) is 2.77. The topological polar surface area (TPSA) is 42.7 Å². The van der Waals surface area contributed by atoms with Gasteiger partial charge in [0.15, 0.2) is 0 Å². The molecule has 0 aromatic carbocycles. The average Bonchev–Trinajstić information content (AvgIpc) is 2.63. The van der Waals surface area contributed by atoms with Crippen LogP contribution in [0.3, 0.4) is 0 Å². The van der Waals surface area contributed by atoms with E-state index in [2.05, 4.69) is 31.2 Å². The normalized spacial score (nSPS) is 10.3. The Morgan fingerprint density at radius 1 is 1.53 bits per heavy atom. The van der Waals surface area contributed by atoms with Crippen molar-refractivity contribution >= 4 is 21.6 Å². The molecule has 5 heteroatoms. The Bertz CT molecular complexity index is 452. The second-order valence-corrected chi connectivity index (χ2v) is 3.94. The summed E-state index contributed by atoms with van der Waals surface area (Å²) in [4.78, 5) is 8.19. The molecular formula is C10H11BrN4. The summed E-state index contributed by atoms with van der Waals surface area (Å²) < 4.78 is 2.81. The fourth-order valence-corrected chi connectivity index (χ4v) is 1.65. The Labute approximate surface area is 96.5 Å². The summed E-state index contributed by atoms with van der Waals surface area (Å²) >= 11 is 3.38. The van der Waals surface area contributed by atoms with E-state index in [9.17, 15) is 0 Å². The van der Waals surface area contributed by atoms with Crippen molar-refractivity contribution in [3.05, 3.63) is 41.2 Å². The molecule has 0 saturated carbocycles. The van der Waals surface area contributed by atoms with Crippen LogP contribution in [0.1, 0.15) is 5.69 Å². The number of rotatable bonds is 3. The van der Waals surface area contributed by atoms with Gasteiger partial charge in [0.25, 0.3) is 0 Å². The number of hydrogen-bond donors (Lipinski definition) is 1. The number of halogens is 1. The van der Waals surface area contributed by atoms with Gasteiger partial charge in [0.1, 0.15) is 4.60 Å². The molecule has 0 aliphatic carbocycles. The summed E-state index contributed by atoms with van der Waals surface area (Å²) in [6.45, 7) is 0.737. The molecule has 0 aliphatic heterocycles. The number of aromatic nitrogens is 3. The highest BCUT2D eigenvalue weighted by Gasteiger charge is 2.01. The molecular weight excluding hydrogens is 256 g/mol. The minimum Gasteiger partial charge on any atom is -0.377 e. The Kier molecular flexibility index (Phi) is 3.01. The third kappa shape index (κ3) is 2.36. The average molecular weight is 267 g/mol. The third-order valence-electron chi connectivity index (χ3n) is 2.14. The lowest BCUT2D eigenvalue weighted by Crippen LogP contribution is -2.04. The second kappa shape index (κ2) is 4.44. The highest BCUT2D eigenvalue weighted by Crippen LogP contribution is 2.18. The first-order chi connectivity index (χ1) is 7.27. The fourth-order valence-electron chi connectivity index (χ4n) is 1.26. The van der Waals surface area contributed by atoms with E-state index >= 15 is 0 Å². The van der Waals surface area contributed by atoms with Crippen molar-refractivity contribution in [1.29, 1.82) is 0 Å². The lowest BCUT2D eigenvalue weighted by molar-refractivity contribution is 0.837. The Balaban J connectivity index is 2.06.